The zero-order valence-corrected chi connectivity index (χ0v) is 38.3. The fraction of sp³-hybridized carbons (Fsp3) is 0.940. The van der Waals surface area contributed by atoms with Crippen LogP contribution in [0.2, 0.25) is 0 Å². The zero-order valence-electron chi connectivity index (χ0n) is 38.3. The minimum Gasteiger partial charge on any atom is -0.462 e. The Hall–Kier alpha value is -1.59. The SMILES string of the molecule is CCCCCCCCCCCCCCCCCCCCC(=O)O[C@H](COC(=O)CCCCCCCCCC(C)C)COC(=O)CCCCCCCCC(C)CC. The summed E-state index contributed by atoms with van der Waals surface area (Å²) in [6.45, 7) is 11.3. The zero-order chi connectivity index (χ0) is 41.2. The Morgan fingerprint density at radius 1 is 0.375 bits per heavy atom. The van der Waals surface area contributed by atoms with Gasteiger partial charge in [-0.2, -0.15) is 0 Å². The molecule has 2 atom stereocenters. The van der Waals surface area contributed by atoms with Crippen LogP contribution < -0.4 is 0 Å². The molecule has 0 aromatic rings. The molecule has 56 heavy (non-hydrogen) atoms. The van der Waals surface area contributed by atoms with Crippen LogP contribution in [-0.4, -0.2) is 37.2 Å². The van der Waals surface area contributed by atoms with Crippen molar-refractivity contribution in [1.82, 2.24) is 0 Å². The van der Waals surface area contributed by atoms with Crippen LogP contribution in [0.25, 0.3) is 0 Å². The minimum atomic E-state index is -0.762. The van der Waals surface area contributed by atoms with Gasteiger partial charge in [-0.15, -0.1) is 0 Å². The van der Waals surface area contributed by atoms with Crippen LogP contribution in [0.15, 0.2) is 0 Å². The molecule has 0 heterocycles. The van der Waals surface area contributed by atoms with Crippen LogP contribution in [0.1, 0.15) is 272 Å². The van der Waals surface area contributed by atoms with Crippen molar-refractivity contribution in [3.05, 3.63) is 0 Å². The predicted octanol–water partition coefficient (Wildman–Crippen LogP) is 15.8. The number of esters is 3. The average Bonchev–Trinajstić information content (AvgIpc) is 3.18. The molecular weight excluding hydrogens is 697 g/mol. The molecule has 332 valence electrons. The maximum Gasteiger partial charge on any atom is 0.306 e. The third-order valence-electron chi connectivity index (χ3n) is 11.6. The molecule has 6 nitrogen and oxygen atoms in total. The topological polar surface area (TPSA) is 78.9 Å². The second-order valence-electron chi connectivity index (χ2n) is 17.8. The molecule has 0 fully saturated rings. The first-order valence-electron chi connectivity index (χ1n) is 24.8. The fourth-order valence-corrected chi connectivity index (χ4v) is 7.43. The molecule has 0 spiro atoms. The second kappa shape index (κ2) is 43.0. The summed E-state index contributed by atoms with van der Waals surface area (Å²) >= 11 is 0. The monoisotopic (exact) mass is 793 g/mol. The molecule has 1 unspecified atom stereocenters. The second-order valence-corrected chi connectivity index (χ2v) is 17.8. The maximum atomic E-state index is 12.8. The van der Waals surface area contributed by atoms with E-state index in [9.17, 15) is 14.4 Å². The quantitative estimate of drug-likeness (QED) is 0.0347. The van der Waals surface area contributed by atoms with Gasteiger partial charge in [0.25, 0.3) is 0 Å². The number of hydrogen-bond donors (Lipinski definition) is 0. The van der Waals surface area contributed by atoms with Crippen LogP contribution in [0, 0.1) is 11.8 Å². The van der Waals surface area contributed by atoms with Crippen molar-refractivity contribution in [3.63, 3.8) is 0 Å². The van der Waals surface area contributed by atoms with Gasteiger partial charge in [0.05, 0.1) is 0 Å². The molecular formula is C50H96O6. The van der Waals surface area contributed by atoms with E-state index in [0.29, 0.717) is 19.3 Å². The molecule has 0 aromatic heterocycles. The van der Waals surface area contributed by atoms with E-state index in [2.05, 4.69) is 34.6 Å². The summed E-state index contributed by atoms with van der Waals surface area (Å²) in [5.74, 6) is 0.737. The van der Waals surface area contributed by atoms with Crippen LogP contribution in [0.4, 0.5) is 0 Å². The number of unbranched alkanes of at least 4 members (excludes halogenated alkanes) is 28. The Kier molecular flexibility index (Phi) is 41.8. The number of ether oxygens (including phenoxy) is 3. The van der Waals surface area contributed by atoms with Crippen molar-refractivity contribution >= 4 is 17.9 Å². The van der Waals surface area contributed by atoms with Gasteiger partial charge in [0, 0.05) is 19.3 Å². The number of carbonyl (C=O) groups excluding carboxylic acids is 3. The fourth-order valence-electron chi connectivity index (χ4n) is 7.43. The summed E-state index contributed by atoms with van der Waals surface area (Å²) in [6, 6.07) is 0. The van der Waals surface area contributed by atoms with Gasteiger partial charge in [-0.25, -0.2) is 0 Å². The minimum absolute atomic E-state index is 0.0660. The Morgan fingerprint density at radius 2 is 0.679 bits per heavy atom. The van der Waals surface area contributed by atoms with Crippen molar-refractivity contribution in [2.24, 2.45) is 11.8 Å². The lowest BCUT2D eigenvalue weighted by molar-refractivity contribution is -0.167. The first-order valence-corrected chi connectivity index (χ1v) is 24.8. The van der Waals surface area contributed by atoms with Gasteiger partial charge in [-0.05, 0) is 31.1 Å². The molecule has 0 aliphatic rings. The lowest BCUT2D eigenvalue weighted by Crippen LogP contribution is -2.30. The highest BCUT2D eigenvalue weighted by Gasteiger charge is 2.19. The largest absolute Gasteiger partial charge is 0.462 e. The summed E-state index contributed by atoms with van der Waals surface area (Å²) in [7, 11) is 0. The maximum absolute atomic E-state index is 12.8. The first kappa shape index (κ1) is 54.4. The summed E-state index contributed by atoms with van der Waals surface area (Å²) in [5, 5.41) is 0. The Bertz CT molecular complexity index is 856. The molecule has 0 rings (SSSR count). The Morgan fingerprint density at radius 3 is 1.02 bits per heavy atom. The predicted molar refractivity (Wildman–Crippen MR) is 238 cm³/mol. The number of hydrogen-bond acceptors (Lipinski definition) is 6. The Balaban J connectivity index is 4.27. The lowest BCUT2D eigenvalue weighted by atomic mass is 10.00. The first-order chi connectivity index (χ1) is 27.3. The molecule has 0 bridgehead atoms. The summed E-state index contributed by atoms with van der Waals surface area (Å²) < 4.78 is 16.7. The Labute approximate surface area is 348 Å². The van der Waals surface area contributed by atoms with Gasteiger partial charge in [-0.1, -0.05) is 234 Å². The van der Waals surface area contributed by atoms with Crippen molar-refractivity contribution in [2.45, 2.75) is 278 Å². The third-order valence-corrected chi connectivity index (χ3v) is 11.6. The van der Waals surface area contributed by atoms with Gasteiger partial charge in [0.15, 0.2) is 6.10 Å². The highest BCUT2D eigenvalue weighted by Crippen LogP contribution is 2.17. The van der Waals surface area contributed by atoms with Crippen molar-refractivity contribution in [3.8, 4) is 0 Å². The molecule has 0 aliphatic heterocycles. The summed E-state index contributed by atoms with van der Waals surface area (Å²) in [6.07, 6.45) is 42.5. The van der Waals surface area contributed by atoms with Crippen LogP contribution >= 0.6 is 0 Å². The van der Waals surface area contributed by atoms with E-state index in [4.69, 9.17) is 14.2 Å². The van der Waals surface area contributed by atoms with E-state index in [1.54, 1.807) is 0 Å². The van der Waals surface area contributed by atoms with E-state index < -0.39 is 6.10 Å². The van der Waals surface area contributed by atoms with Gasteiger partial charge < -0.3 is 14.2 Å². The highest BCUT2D eigenvalue weighted by atomic mass is 16.6. The van der Waals surface area contributed by atoms with E-state index in [1.807, 2.05) is 0 Å². The number of rotatable bonds is 44. The standard InChI is InChI=1S/C50H96O6/c1-6-8-9-10-11-12-13-14-15-16-17-18-19-20-21-24-32-37-42-50(53)56-47(43-54-48(51)40-35-30-25-22-23-28-33-38-45(3)4)44-55-49(52)41-36-31-27-26-29-34-39-46(5)7-2/h45-47H,6-44H2,1-5H3/t46?,47-/m1/s1. The molecule has 6 heteroatoms. The molecule has 0 saturated carbocycles. The van der Waals surface area contributed by atoms with Gasteiger partial charge in [0.1, 0.15) is 13.2 Å². The van der Waals surface area contributed by atoms with E-state index in [0.717, 1.165) is 69.6 Å². The third kappa shape index (κ3) is 42.0. The van der Waals surface area contributed by atoms with E-state index in [1.165, 1.54) is 161 Å². The van der Waals surface area contributed by atoms with Crippen LogP contribution in [-0.2, 0) is 28.6 Å². The molecule has 0 saturated heterocycles. The molecule has 0 aromatic carbocycles. The smallest absolute Gasteiger partial charge is 0.306 e. The summed E-state index contributed by atoms with van der Waals surface area (Å²) in [4.78, 5) is 37.8. The van der Waals surface area contributed by atoms with Crippen molar-refractivity contribution in [2.75, 3.05) is 13.2 Å². The van der Waals surface area contributed by atoms with Gasteiger partial charge >= 0.3 is 17.9 Å². The lowest BCUT2D eigenvalue weighted by Gasteiger charge is -2.18. The molecule has 0 radical (unpaired) electrons. The normalized spacial score (nSPS) is 12.5. The number of carbonyl (C=O) groups is 3. The molecule has 0 amide bonds. The molecule has 0 aliphatic carbocycles. The van der Waals surface area contributed by atoms with Gasteiger partial charge in [-0.3, -0.25) is 14.4 Å². The van der Waals surface area contributed by atoms with Crippen molar-refractivity contribution in [1.29, 1.82) is 0 Å². The average molecular weight is 793 g/mol. The van der Waals surface area contributed by atoms with Crippen LogP contribution in [0.3, 0.4) is 0 Å². The molecule has 0 N–H and O–H groups in total. The van der Waals surface area contributed by atoms with Crippen LogP contribution in [0.5, 0.6) is 0 Å². The highest BCUT2D eigenvalue weighted by molar-refractivity contribution is 5.71. The van der Waals surface area contributed by atoms with Crippen molar-refractivity contribution < 1.29 is 28.6 Å². The van der Waals surface area contributed by atoms with E-state index >= 15 is 0 Å². The van der Waals surface area contributed by atoms with Gasteiger partial charge in [0.2, 0.25) is 0 Å². The summed E-state index contributed by atoms with van der Waals surface area (Å²) in [5.41, 5.74) is 0. The van der Waals surface area contributed by atoms with E-state index in [-0.39, 0.29) is 31.1 Å².